The van der Waals surface area contributed by atoms with Crippen LogP contribution in [0.15, 0.2) is 83.0 Å². The first kappa shape index (κ1) is 20.0. The zero-order valence-electron chi connectivity index (χ0n) is 15.0. The molecule has 3 rings (SSSR count). The lowest BCUT2D eigenvalue weighted by Gasteiger charge is -2.09. The van der Waals surface area contributed by atoms with Crippen molar-refractivity contribution < 1.29 is 13.2 Å². The minimum atomic E-state index is -3.37. The molecule has 6 nitrogen and oxygen atoms in total. The number of hydrogen-bond donors (Lipinski definition) is 1. The normalized spacial score (nSPS) is 11.1. The van der Waals surface area contributed by atoms with Gasteiger partial charge in [-0.3, -0.25) is 9.78 Å². The zero-order valence-corrected chi connectivity index (χ0v) is 16.6. The van der Waals surface area contributed by atoms with Crippen LogP contribution in [0.2, 0.25) is 0 Å². The van der Waals surface area contributed by atoms with Crippen molar-refractivity contribution in [1.82, 2.24) is 15.3 Å². The molecule has 0 aliphatic rings. The molecule has 0 radical (unpaired) electrons. The molecule has 2 heterocycles. The Morgan fingerprint density at radius 1 is 0.929 bits per heavy atom. The maximum absolute atomic E-state index is 12.5. The van der Waals surface area contributed by atoms with Crippen molar-refractivity contribution in [2.24, 2.45) is 0 Å². The molecule has 3 aromatic rings. The molecule has 0 aliphatic heterocycles. The van der Waals surface area contributed by atoms with Crippen LogP contribution in [-0.2, 0) is 16.4 Å². The monoisotopic (exact) mass is 413 g/mol. The summed E-state index contributed by atoms with van der Waals surface area (Å²) in [5.74, 6) is -0.00526. The largest absolute Gasteiger partial charge is 0.346 e. The van der Waals surface area contributed by atoms with Crippen molar-refractivity contribution in [1.29, 1.82) is 0 Å². The van der Waals surface area contributed by atoms with Crippen molar-refractivity contribution in [3.05, 3.63) is 84.3 Å². The van der Waals surface area contributed by atoms with Crippen molar-refractivity contribution in [3.63, 3.8) is 0 Å². The van der Waals surface area contributed by atoms with E-state index in [4.69, 9.17) is 0 Å². The predicted molar refractivity (Wildman–Crippen MR) is 109 cm³/mol. The smallest absolute Gasteiger partial charge is 0.254 e. The molecule has 144 valence electrons. The molecule has 0 saturated heterocycles. The summed E-state index contributed by atoms with van der Waals surface area (Å²) in [6.07, 6.45) is 3.25. The van der Waals surface area contributed by atoms with E-state index in [9.17, 15) is 13.2 Å². The van der Waals surface area contributed by atoms with Crippen LogP contribution in [0.1, 0.15) is 16.1 Å². The van der Waals surface area contributed by atoms with Gasteiger partial charge in [-0.2, -0.15) is 0 Å². The van der Waals surface area contributed by atoms with Gasteiger partial charge in [-0.15, -0.1) is 11.8 Å². The van der Waals surface area contributed by atoms with E-state index < -0.39 is 9.84 Å². The molecule has 1 amide bonds. The third-order valence-electron chi connectivity index (χ3n) is 3.87. The fraction of sp³-hybridized carbons (Fsp3) is 0.150. The number of rotatable bonds is 8. The van der Waals surface area contributed by atoms with Gasteiger partial charge in [-0.05, 0) is 36.4 Å². The van der Waals surface area contributed by atoms with E-state index in [2.05, 4.69) is 15.3 Å². The van der Waals surface area contributed by atoms with Crippen molar-refractivity contribution >= 4 is 27.5 Å². The second-order valence-corrected chi connectivity index (χ2v) is 9.03. The molecule has 0 fully saturated rings. The minimum Gasteiger partial charge on any atom is -0.346 e. The van der Waals surface area contributed by atoms with Gasteiger partial charge in [-0.1, -0.05) is 24.3 Å². The Labute approximate surface area is 168 Å². The number of carbonyl (C=O) groups excluding carboxylic acids is 1. The molecule has 28 heavy (non-hydrogen) atoms. The standard InChI is InChI=1S/C20H19N3O3S2/c24-19(23-15-16-7-4-5-11-21-16)18-10-6-12-22-20(18)27-13-14-28(25,26)17-8-2-1-3-9-17/h1-12H,13-15H2,(H,23,24). The van der Waals surface area contributed by atoms with E-state index >= 15 is 0 Å². The number of aromatic nitrogens is 2. The lowest BCUT2D eigenvalue weighted by Crippen LogP contribution is -2.24. The van der Waals surface area contributed by atoms with Crippen LogP contribution >= 0.6 is 11.8 Å². The summed E-state index contributed by atoms with van der Waals surface area (Å²) in [6, 6.07) is 17.2. The Morgan fingerprint density at radius 2 is 1.68 bits per heavy atom. The lowest BCUT2D eigenvalue weighted by atomic mass is 10.2. The Kier molecular flexibility index (Phi) is 6.78. The maximum atomic E-state index is 12.5. The molecule has 1 N–H and O–H groups in total. The van der Waals surface area contributed by atoms with Crippen LogP contribution in [-0.4, -0.2) is 35.8 Å². The number of nitrogens with one attached hydrogen (secondary N) is 1. The second-order valence-electron chi connectivity index (χ2n) is 5.84. The fourth-order valence-electron chi connectivity index (χ4n) is 2.44. The van der Waals surface area contributed by atoms with Gasteiger partial charge in [0, 0.05) is 18.1 Å². The summed E-state index contributed by atoms with van der Waals surface area (Å²) in [6.45, 7) is 0.307. The molecular weight excluding hydrogens is 394 g/mol. The summed E-state index contributed by atoms with van der Waals surface area (Å²) < 4.78 is 24.8. The lowest BCUT2D eigenvalue weighted by molar-refractivity contribution is 0.0946. The predicted octanol–water partition coefficient (Wildman–Crippen LogP) is 2.97. The van der Waals surface area contributed by atoms with Crippen LogP contribution in [0, 0.1) is 0 Å². The molecule has 0 saturated carbocycles. The Morgan fingerprint density at radius 3 is 2.43 bits per heavy atom. The summed E-state index contributed by atoms with van der Waals surface area (Å²) in [5.41, 5.74) is 1.17. The highest BCUT2D eigenvalue weighted by Crippen LogP contribution is 2.21. The van der Waals surface area contributed by atoms with E-state index in [-0.39, 0.29) is 11.7 Å². The third kappa shape index (κ3) is 5.40. The number of carbonyl (C=O) groups is 1. The highest BCUT2D eigenvalue weighted by Gasteiger charge is 2.16. The van der Waals surface area contributed by atoms with Crippen molar-refractivity contribution in [3.8, 4) is 0 Å². The average Bonchev–Trinajstić information content (AvgIpc) is 2.74. The zero-order chi connectivity index (χ0) is 19.8. The van der Waals surface area contributed by atoms with Gasteiger partial charge >= 0.3 is 0 Å². The van der Waals surface area contributed by atoms with E-state index in [1.165, 1.54) is 11.8 Å². The van der Waals surface area contributed by atoms with E-state index in [0.29, 0.717) is 27.8 Å². The van der Waals surface area contributed by atoms with Crippen LogP contribution in [0.4, 0.5) is 0 Å². The molecule has 0 spiro atoms. The number of hydrogen-bond acceptors (Lipinski definition) is 6. The Bertz CT molecular complexity index is 1030. The Balaban J connectivity index is 1.61. The molecular formula is C20H19N3O3S2. The second kappa shape index (κ2) is 9.48. The van der Waals surface area contributed by atoms with Crippen molar-refractivity contribution in [2.75, 3.05) is 11.5 Å². The number of amides is 1. The number of nitrogens with zero attached hydrogens (tertiary/aromatic N) is 2. The number of thioether (sulfide) groups is 1. The van der Waals surface area contributed by atoms with E-state index in [1.54, 1.807) is 54.9 Å². The first-order chi connectivity index (χ1) is 13.6. The van der Waals surface area contributed by atoms with Gasteiger partial charge in [0.05, 0.1) is 28.5 Å². The fourth-order valence-corrected chi connectivity index (χ4v) is 5.10. The molecule has 0 bridgehead atoms. The summed E-state index contributed by atoms with van der Waals surface area (Å²) in [4.78, 5) is 21.2. The van der Waals surface area contributed by atoms with Gasteiger partial charge in [0.2, 0.25) is 0 Å². The number of sulfone groups is 1. The summed E-state index contributed by atoms with van der Waals surface area (Å²) >= 11 is 1.25. The van der Waals surface area contributed by atoms with Crippen LogP contribution in [0.5, 0.6) is 0 Å². The van der Waals surface area contributed by atoms with Gasteiger partial charge < -0.3 is 5.32 Å². The SMILES string of the molecule is O=C(NCc1ccccn1)c1cccnc1SCCS(=O)(=O)c1ccccc1. The van der Waals surface area contributed by atoms with E-state index in [0.717, 1.165) is 5.69 Å². The molecule has 0 unspecified atom stereocenters. The third-order valence-corrected chi connectivity index (χ3v) is 6.86. The van der Waals surface area contributed by atoms with Crippen molar-refractivity contribution in [2.45, 2.75) is 16.5 Å². The van der Waals surface area contributed by atoms with Crippen LogP contribution in [0.25, 0.3) is 0 Å². The number of benzene rings is 1. The number of pyridine rings is 2. The topological polar surface area (TPSA) is 89.0 Å². The first-order valence-corrected chi connectivity index (χ1v) is 11.2. The Hall–Kier alpha value is -2.71. The van der Waals surface area contributed by atoms with Gasteiger partial charge in [-0.25, -0.2) is 13.4 Å². The highest BCUT2D eigenvalue weighted by atomic mass is 32.2. The average molecular weight is 414 g/mol. The van der Waals surface area contributed by atoms with E-state index in [1.807, 2.05) is 18.2 Å². The van der Waals surface area contributed by atoms with Crippen LogP contribution < -0.4 is 5.32 Å². The quantitative estimate of drug-likeness (QED) is 0.571. The van der Waals surface area contributed by atoms with Gasteiger partial charge in [0.25, 0.3) is 5.91 Å². The van der Waals surface area contributed by atoms with Crippen LogP contribution in [0.3, 0.4) is 0 Å². The maximum Gasteiger partial charge on any atom is 0.254 e. The first-order valence-electron chi connectivity index (χ1n) is 8.60. The van der Waals surface area contributed by atoms with Gasteiger partial charge in [0.15, 0.2) is 9.84 Å². The highest BCUT2D eigenvalue weighted by molar-refractivity contribution is 8.00. The molecule has 0 atom stereocenters. The molecule has 1 aromatic carbocycles. The van der Waals surface area contributed by atoms with Gasteiger partial charge in [0.1, 0.15) is 5.03 Å². The minimum absolute atomic E-state index is 0.0345. The molecule has 0 aliphatic carbocycles. The molecule has 8 heteroatoms. The summed E-state index contributed by atoms with van der Waals surface area (Å²) in [5, 5.41) is 3.32. The summed E-state index contributed by atoms with van der Waals surface area (Å²) in [7, 11) is -3.37. The molecule has 2 aromatic heterocycles.